The van der Waals surface area contributed by atoms with Crippen molar-refractivity contribution >= 4 is 28.4 Å². The first-order chi connectivity index (χ1) is 12.6. The van der Waals surface area contributed by atoms with E-state index in [4.69, 9.17) is 11.6 Å². The molecule has 0 saturated heterocycles. The number of benzene rings is 1. The number of hydrogen-bond acceptors (Lipinski definition) is 5. The molecule has 0 fully saturated rings. The minimum absolute atomic E-state index is 0.195. The Morgan fingerprint density at radius 2 is 1.88 bits per heavy atom. The van der Waals surface area contributed by atoms with E-state index in [1.54, 1.807) is 15.4 Å². The first kappa shape index (κ1) is 16.7. The van der Waals surface area contributed by atoms with Gasteiger partial charge in [0.1, 0.15) is 6.33 Å². The number of fused-ring (bicyclic) bond motifs is 3. The fourth-order valence-corrected chi connectivity index (χ4v) is 3.13. The van der Waals surface area contributed by atoms with Gasteiger partial charge in [0.05, 0.1) is 11.3 Å². The first-order valence-corrected chi connectivity index (χ1v) is 8.85. The summed E-state index contributed by atoms with van der Waals surface area (Å²) in [5.41, 5.74) is 3.58. The molecule has 4 rings (SSSR count). The Bertz CT molecular complexity index is 1160. The molecule has 0 unspecified atom stereocenters. The van der Waals surface area contributed by atoms with Crippen LogP contribution in [0, 0.1) is 6.92 Å². The fraction of sp³-hybridized carbons (Fsp3) is 0.278. The highest BCUT2D eigenvalue weighted by Gasteiger charge is 2.18. The Hall–Kier alpha value is -2.80. The molecule has 0 atom stereocenters. The van der Waals surface area contributed by atoms with Crippen molar-refractivity contribution in [1.82, 2.24) is 29.4 Å². The molecule has 0 aliphatic heterocycles. The molecule has 0 aliphatic carbocycles. The number of nitrogens with zero attached hydrogens (tertiary/aromatic N) is 6. The van der Waals surface area contributed by atoms with Gasteiger partial charge in [-0.15, -0.1) is 10.2 Å². The van der Waals surface area contributed by atoms with Gasteiger partial charge in [-0.1, -0.05) is 37.1 Å². The molecule has 7 nitrogen and oxygen atoms in total. The second-order valence-electron chi connectivity index (χ2n) is 6.17. The second-order valence-corrected chi connectivity index (χ2v) is 6.61. The molecule has 1 aromatic carbocycles. The Balaban J connectivity index is 1.94. The molecule has 4 aromatic rings. The summed E-state index contributed by atoms with van der Waals surface area (Å²) in [4.78, 5) is 17.1. The Labute approximate surface area is 154 Å². The Kier molecular flexibility index (Phi) is 4.16. The van der Waals surface area contributed by atoms with Crippen molar-refractivity contribution in [2.75, 3.05) is 0 Å². The standard InChI is InChI=1S/C18H17ClN6O/c1-3-4-9-24-10-20-17-15(18(24)26)21-22-16-14(11(2)23-25(16)17)12-5-7-13(19)8-6-12/h5-8,10H,3-4,9H2,1-2H3. The van der Waals surface area contributed by atoms with Crippen LogP contribution in [0.1, 0.15) is 25.5 Å². The molecule has 3 heterocycles. The topological polar surface area (TPSA) is 78.0 Å². The first-order valence-electron chi connectivity index (χ1n) is 8.47. The minimum atomic E-state index is -0.195. The largest absolute Gasteiger partial charge is 0.297 e. The number of unbranched alkanes of at least 4 members (excludes halogenated alkanes) is 1. The Morgan fingerprint density at radius 1 is 1.12 bits per heavy atom. The monoisotopic (exact) mass is 368 g/mol. The average Bonchev–Trinajstić information content (AvgIpc) is 2.98. The SMILES string of the molecule is CCCCn1cnc2c(nnc3c(-c4ccc(Cl)cc4)c(C)nn32)c1=O. The lowest BCUT2D eigenvalue weighted by atomic mass is 10.1. The van der Waals surface area contributed by atoms with Crippen molar-refractivity contribution in [1.29, 1.82) is 0 Å². The molecule has 0 amide bonds. The zero-order chi connectivity index (χ0) is 18.3. The van der Waals surface area contributed by atoms with Gasteiger partial charge in [0.2, 0.25) is 0 Å². The van der Waals surface area contributed by atoms with Crippen molar-refractivity contribution in [3.05, 3.63) is 51.7 Å². The lowest BCUT2D eigenvalue weighted by Crippen LogP contribution is -2.23. The van der Waals surface area contributed by atoms with Crippen LogP contribution < -0.4 is 5.56 Å². The van der Waals surface area contributed by atoms with Gasteiger partial charge in [-0.05, 0) is 31.0 Å². The van der Waals surface area contributed by atoms with Crippen molar-refractivity contribution in [2.24, 2.45) is 0 Å². The summed E-state index contributed by atoms with van der Waals surface area (Å²) in [5.74, 6) is 0. The van der Waals surface area contributed by atoms with E-state index in [2.05, 4.69) is 27.2 Å². The van der Waals surface area contributed by atoms with Gasteiger partial charge in [-0.3, -0.25) is 9.36 Å². The molecular formula is C18H17ClN6O. The van der Waals surface area contributed by atoms with Gasteiger partial charge in [-0.25, -0.2) is 4.98 Å². The molecule has 0 N–H and O–H groups in total. The third-order valence-electron chi connectivity index (χ3n) is 4.36. The normalized spacial score (nSPS) is 11.5. The van der Waals surface area contributed by atoms with E-state index in [-0.39, 0.29) is 11.1 Å². The number of halogens is 1. The zero-order valence-corrected chi connectivity index (χ0v) is 15.2. The van der Waals surface area contributed by atoms with E-state index in [1.165, 1.54) is 0 Å². The van der Waals surface area contributed by atoms with Crippen molar-refractivity contribution < 1.29 is 0 Å². The molecule has 132 valence electrons. The summed E-state index contributed by atoms with van der Waals surface area (Å²) < 4.78 is 3.16. The van der Waals surface area contributed by atoms with E-state index in [0.717, 1.165) is 29.7 Å². The van der Waals surface area contributed by atoms with Gasteiger partial charge in [0.15, 0.2) is 16.8 Å². The lowest BCUT2D eigenvalue weighted by molar-refractivity contribution is 0.605. The van der Waals surface area contributed by atoms with E-state index in [9.17, 15) is 4.79 Å². The van der Waals surface area contributed by atoms with E-state index < -0.39 is 0 Å². The summed E-state index contributed by atoms with van der Waals surface area (Å²) >= 11 is 5.98. The summed E-state index contributed by atoms with van der Waals surface area (Å²) in [7, 11) is 0. The van der Waals surface area contributed by atoms with Crippen LogP contribution in [0.3, 0.4) is 0 Å². The van der Waals surface area contributed by atoms with Crippen LogP contribution in [0.25, 0.3) is 27.9 Å². The third-order valence-corrected chi connectivity index (χ3v) is 4.61. The second kappa shape index (κ2) is 6.49. The molecule has 0 aliphatic rings. The molecular weight excluding hydrogens is 352 g/mol. The van der Waals surface area contributed by atoms with Crippen molar-refractivity contribution in [3.63, 3.8) is 0 Å². The maximum Gasteiger partial charge on any atom is 0.283 e. The van der Waals surface area contributed by atoms with Crippen LogP contribution in [0.4, 0.5) is 0 Å². The molecule has 0 bridgehead atoms. The van der Waals surface area contributed by atoms with Crippen LogP contribution >= 0.6 is 11.6 Å². The summed E-state index contributed by atoms with van der Waals surface area (Å²) in [6.07, 6.45) is 3.46. The molecule has 0 spiro atoms. The molecule has 0 radical (unpaired) electrons. The van der Waals surface area contributed by atoms with Crippen molar-refractivity contribution in [3.8, 4) is 11.1 Å². The van der Waals surface area contributed by atoms with Crippen LogP contribution in [-0.2, 0) is 6.54 Å². The quantitative estimate of drug-likeness (QED) is 0.552. The fourth-order valence-electron chi connectivity index (χ4n) is 3.01. The zero-order valence-electron chi connectivity index (χ0n) is 14.5. The molecule has 26 heavy (non-hydrogen) atoms. The number of rotatable bonds is 4. The summed E-state index contributed by atoms with van der Waals surface area (Å²) in [6, 6.07) is 7.46. The highest BCUT2D eigenvalue weighted by molar-refractivity contribution is 6.30. The summed E-state index contributed by atoms with van der Waals surface area (Å²) in [6.45, 7) is 4.59. The number of hydrogen-bond donors (Lipinski definition) is 0. The van der Waals surface area contributed by atoms with E-state index in [1.807, 2.05) is 31.2 Å². The molecule has 0 saturated carbocycles. The van der Waals surface area contributed by atoms with Crippen LogP contribution in [0.15, 0.2) is 35.4 Å². The van der Waals surface area contributed by atoms with E-state index in [0.29, 0.717) is 22.9 Å². The predicted molar refractivity (Wildman–Crippen MR) is 100 cm³/mol. The van der Waals surface area contributed by atoms with Crippen LogP contribution in [-0.4, -0.2) is 29.4 Å². The van der Waals surface area contributed by atoms with Gasteiger partial charge >= 0.3 is 0 Å². The smallest absolute Gasteiger partial charge is 0.283 e. The highest BCUT2D eigenvalue weighted by Crippen LogP contribution is 2.28. The van der Waals surface area contributed by atoms with Gasteiger partial charge in [-0.2, -0.15) is 9.61 Å². The van der Waals surface area contributed by atoms with Gasteiger partial charge in [0.25, 0.3) is 5.56 Å². The number of aromatic nitrogens is 6. The average molecular weight is 369 g/mol. The maximum atomic E-state index is 12.6. The summed E-state index contributed by atoms with van der Waals surface area (Å²) in [5, 5.41) is 13.6. The predicted octanol–water partition coefficient (Wildman–Crippen LogP) is 3.26. The molecule has 3 aromatic heterocycles. The van der Waals surface area contributed by atoms with Crippen LogP contribution in [0.5, 0.6) is 0 Å². The maximum absolute atomic E-state index is 12.6. The van der Waals surface area contributed by atoms with Gasteiger partial charge in [0, 0.05) is 11.6 Å². The number of aryl methyl sites for hydroxylation is 2. The van der Waals surface area contributed by atoms with Crippen molar-refractivity contribution in [2.45, 2.75) is 33.2 Å². The lowest BCUT2D eigenvalue weighted by Gasteiger charge is -2.05. The van der Waals surface area contributed by atoms with E-state index >= 15 is 0 Å². The van der Waals surface area contributed by atoms with Gasteiger partial charge < -0.3 is 0 Å². The molecule has 8 heteroatoms. The minimum Gasteiger partial charge on any atom is -0.297 e. The Morgan fingerprint density at radius 3 is 2.62 bits per heavy atom. The highest BCUT2D eigenvalue weighted by atomic mass is 35.5. The van der Waals surface area contributed by atoms with Crippen LogP contribution in [0.2, 0.25) is 5.02 Å². The third kappa shape index (κ3) is 2.64.